The van der Waals surface area contributed by atoms with Gasteiger partial charge in [0.1, 0.15) is 0 Å². The predicted molar refractivity (Wildman–Crippen MR) is 265 cm³/mol. The van der Waals surface area contributed by atoms with Crippen molar-refractivity contribution in [1.82, 2.24) is 9.97 Å². The van der Waals surface area contributed by atoms with Crippen molar-refractivity contribution in [3.05, 3.63) is 230 Å². The molecular weight excluding hydrogens is 761 g/mol. The average molecular weight is 803 g/mol. The van der Waals surface area contributed by atoms with Crippen LogP contribution in [0.15, 0.2) is 218 Å². The highest BCUT2D eigenvalue weighted by atomic mass is 14.9. The van der Waals surface area contributed by atoms with Crippen LogP contribution in [0.5, 0.6) is 0 Å². The summed E-state index contributed by atoms with van der Waals surface area (Å²) in [7, 11) is 0. The Bertz CT molecular complexity index is 3530. The van der Waals surface area contributed by atoms with Crippen molar-refractivity contribution in [3.8, 4) is 78.4 Å². The third-order valence-corrected chi connectivity index (χ3v) is 13.2. The van der Waals surface area contributed by atoms with Gasteiger partial charge in [0, 0.05) is 22.1 Å². The van der Waals surface area contributed by atoms with Gasteiger partial charge in [0.15, 0.2) is 5.82 Å². The normalized spacial score (nSPS) is 12.7. The van der Waals surface area contributed by atoms with Crippen LogP contribution in [0.1, 0.15) is 25.0 Å². The SMILES string of the molecule is CC1(C)c2cc3ccccc3cc2-c2c(-c3c4ccccc4c(-c4cccc(-c5cc(-c6cccc(-c7ccccc7)c6)nc(-c6ccccc6)n5)c4)c4ccccc34)cccc21. The molecule has 0 fully saturated rings. The zero-order valence-electron chi connectivity index (χ0n) is 35.2. The summed E-state index contributed by atoms with van der Waals surface area (Å²) >= 11 is 0. The Kier molecular flexibility index (Phi) is 8.55. The van der Waals surface area contributed by atoms with E-state index in [1.54, 1.807) is 0 Å². The standard InChI is InChI=1S/C61H42N2/c1-61(2)53-33-17-32-51(59(53)52-36-42-22-9-10-23-43(42)37-54(52)61)58-49-30-13-11-28-47(49)57(48-29-12-14-31-50(48)58)46-27-16-26-45(35-46)56-38-55(62-60(63-56)40-20-7-4-8-21-40)44-25-15-24-41(34-44)39-18-5-3-6-19-39/h3-38H,1-2H3. The van der Waals surface area contributed by atoms with E-state index in [2.05, 4.69) is 214 Å². The van der Waals surface area contributed by atoms with Crippen molar-refractivity contribution in [2.75, 3.05) is 0 Å². The van der Waals surface area contributed by atoms with Crippen LogP contribution in [0.25, 0.3) is 111 Å². The first kappa shape index (κ1) is 36.9. The topological polar surface area (TPSA) is 25.8 Å². The second kappa shape index (κ2) is 14.6. The van der Waals surface area contributed by atoms with E-state index in [-0.39, 0.29) is 5.41 Å². The summed E-state index contributed by atoms with van der Waals surface area (Å²) in [5, 5.41) is 7.49. The van der Waals surface area contributed by atoms with Gasteiger partial charge in [-0.3, -0.25) is 0 Å². The molecule has 0 N–H and O–H groups in total. The van der Waals surface area contributed by atoms with Crippen LogP contribution in [-0.4, -0.2) is 9.97 Å². The number of benzene rings is 10. The van der Waals surface area contributed by atoms with E-state index in [9.17, 15) is 0 Å². The molecule has 296 valence electrons. The van der Waals surface area contributed by atoms with Crippen molar-refractivity contribution in [2.24, 2.45) is 0 Å². The molecule has 1 aliphatic carbocycles. The van der Waals surface area contributed by atoms with Crippen molar-refractivity contribution in [2.45, 2.75) is 19.3 Å². The first-order chi connectivity index (χ1) is 31.0. The molecule has 1 heterocycles. The summed E-state index contributed by atoms with van der Waals surface area (Å²) in [6.45, 7) is 4.77. The Morgan fingerprint density at radius 3 is 1.41 bits per heavy atom. The lowest BCUT2D eigenvalue weighted by Gasteiger charge is -2.23. The van der Waals surface area contributed by atoms with E-state index >= 15 is 0 Å². The molecule has 0 atom stereocenters. The highest BCUT2D eigenvalue weighted by Crippen LogP contribution is 2.55. The number of hydrogen-bond donors (Lipinski definition) is 0. The second-order valence-corrected chi connectivity index (χ2v) is 17.3. The Morgan fingerprint density at radius 2 is 0.778 bits per heavy atom. The zero-order valence-corrected chi connectivity index (χ0v) is 35.2. The largest absolute Gasteiger partial charge is 0.228 e. The van der Waals surface area contributed by atoms with E-state index in [4.69, 9.17) is 9.97 Å². The molecule has 0 spiro atoms. The lowest BCUT2D eigenvalue weighted by Crippen LogP contribution is -2.14. The highest BCUT2D eigenvalue weighted by molar-refractivity contribution is 6.23. The molecule has 1 aromatic heterocycles. The van der Waals surface area contributed by atoms with Crippen LogP contribution < -0.4 is 0 Å². The van der Waals surface area contributed by atoms with Crippen molar-refractivity contribution in [1.29, 1.82) is 0 Å². The minimum absolute atomic E-state index is 0.136. The zero-order chi connectivity index (χ0) is 42.1. The molecule has 0 radical (unpaired) electrons. The van der Waals surface area contributed by atoms with Gasteiger partial charge in [-0.1, -0.05) is 202 Å². The summed E-state index contributed by atoms with van der Waals surface area (Å²) in [6, 6.07) is 79.1. The molecular formula is C61H42N2. The number of fused-ring (bicyclic) bond motifs is 6. The average Bonchev–Trinajstić information content (AvgIpc) is 3.57. The maximum Gasteiger partial charge on any atom is 0.160 e. The van der Waals surface area contributed by atoms with Crippen LogP contribution in [-0.2, 0) is 5.41 Å². The maximum absolute atomic E-state index is 5.26. The molecule has 10 aromatic carbocycles. The van der Waals surface area contributed by atoms with E-state index in [0.717, 1.165) is 39.2 Å². The minimum atomic E-state index is -0.136. The minimum Gasteiger partial charge on any atom is -0.228 e. The van der Waals surface area contributed by atoms with Crippen LogP contribution in [0.3, 0.4) is 0 Å². The van der Waals surface area contributed by atoms with Gasteiger partial charge in [-0.2, -0.15) is 0 Å². The van der Waals surface area contributed by atoms with Gasteiger partial charge in [0.25, 0.3) is 0 Å². The maximum atomic E-state index is 5.26. The molecule has 11 aromatic rings. The number of hydrogen-bond acceptors (Lipinski definition) is 2. The summed E-state index contributed by atoms with van der Waals surface area (Å²) in [6.07, 6.45) is 0. The van der Waals surface area contributed by atoms with Gasteiger partial charge >= 0.3 is 0 Å². The number of nitrogens with zero attached hydrogens (tertiary/aromatic N) is 2. The summed E-state index contributed by atoms with van der Waals surface area (Å²) in [5.74, 6) is 0.701. The predicted octanol–water partition coefficient (Wildman–Crippen LogP) is 16.2. The van der Waals surface area contributed by atoms with Crippen molar-refractivity contribution >= 4 is 32.3 Å². The van der Waals surface area contributed by atoms with Crippen LogP contribution in [0.2, 0.25) is 0 Å². The molecule has 0 unspecified atom stereocenters. The first-order valence-corrected chi connectivity index (χ1v) is 21.8. The molecule has 0 bridgehead atoms. The van der Waals surface area contributed by atoms with Crippen LogP contribution in [0, 0.1) is 0 Å². The second-order valence-electron chi connectivity index (χ2n) is 17.3. The molecule has 12 rings (SSSR count). The molecule has 0 aliphatic heterocycles. The first-order valence-electron chi connectivity index (χ1n) is 21.8. The Labute approximate surface area is 367 Å². The summed E-state index contributed by atoms with van der Waals surface area (Å²) in [5.41, 5.74) is 17.4. The van der Waals surface area contributed by atoms with Gasteiger partial charge in [-0.15, -0.1) is 0 Å². The number of rotatable bonds is 6. The Morgan fingerprint density at radius 1 is 0.302 bits per heavy atom. The van der Waals surface area contributed by atoms with E-state index < -0.39 is 0 Å². The summed E-state index contributed by atoms with van der Waals surface area (Å²) < 4.78 is 0. The fourth-order valence-corrected chi connectivity index (χ4v) is 10.2. The third kappa shape index (κ3) is 6.09. The smallest absolute Gasteiger partial charge is 0.160 e. The molecule has 1 aliphatic rings. The van der Waals surface area contributed by atoms with Crippen LogP contribution in [0.4, 0.5) is 0 Å². The fourth-order valence-electron chi connectivity index (χ4n) is 10.2. The summed E-state index contributed by atoms with van der Waals surface area (Å²) in [4.78, 5) is 10.5. The Balaban J connectivity index is 1.05. The molecule has 2 heteroatoms. The quantitative estimate of drug-likeness (QED) is 0.157. The van der Waals surface area contributed by atoms with Crippen molar-refractivity contribution in [3.63, 3.8) is 0 Å². The monoisotopic (exact) mass is 802 g/mol. The van der Waals surface area contributed by atoms with Gasteiger partial charge in [-0.25, -0.2) is 9.97 Å². The van der Waals surface area contributed by atoms with Gasteiger partial charge < -0.3 is 0 Å². The van der Waals surface area contributed by atoms with E-state index in [0.29, 0.717) is 5.82 Å². The van der Waals surface area contributed by atoms with E-state index in [1.807, 2.05) is 18.2 Å². The lowest BCUT2D eigenvalue weighted by molar-refractivity contribution is 0.661. The third-order valence-electron chi connectivity index (χ3n) is 13.2. The molecule has 0 saturated heterocycles. The van der Waals surface area contributed by atoms with Gasteiger partial charge in [0.2, 0.25) is 0 Å². The number of aromatic nitrogens is 2. The van der Waals surface area contributed by atoms with Crippen molar-refractivity contribution < 1.29 is 0 Å². The van der Waals surface area contributed by atoms with E-state index in [1.165, 1.54) is 76.8 Å². The lowest BCUT2D eigenvalue weighted by atomic mass is 9.80. The molecule has 63 heavy (non-hydrogen) atoms. The highest BCUT2D eigenvalue weighted by Gasteiger charge is 2.37. The van der Waals surface area contributed by atoms with Gasteiger partial charge in [-0.05, 0) is 118 Å². The Hall–Kier alpha value is -7.94. The fraction of sp³-hybridized carbons (Fsp3) is 0.0492. The van der Waals surface area contributed by atoms with Gasteiger partial charge in [0.05, 0.1) is 11.4 Å². The molecule has 0 saturated carbocycles. The van der Waals surface area contributed by atoms with Crippen LogP contribution >= 0.6 is 0 Å². The molecule has 2 nitrogen and oxygen atoms in total. The molecule has 0 amide bonds.